The van der Waals surface area contributed by atoms with Crippen LogP contribution >= 0.6 is 27.3 Å². The van der Waals surface area contributed by atoms with E-state index in [9.17, 15) is 13.2 Å². The Hall–Kier alpha value is -0.400. The monoisotopic (exact) mass is 323 g/mol. The van der Waals surface area contributed by atoms with Gasteiger partial charge in [-0.2, -0.15) is 0 Å². The summed E-state index contributed by atoms with van der Waals surface area (Å²) in [6.07, 6.45) is 0. The molecule has 2 heterocycles. The van der Waals surface area contributed by atoms with Gasteiger partial charge in [0.05, 0.1) is 20.9 Å². The molecular weight excluding hydrogens is 314 g/mol. The van der Waals surface area contributed by atoms with Gasteiger partial charge in [-0.05, 0) is 22.0 Å². The van der Waals surface area contributed by atoms with Crippen LogP contribution in [0.5, 0.6) is 0 Å². The van der Waals surface area contributed by atoms with E-state index in [0.29, 0.717) is 18.7 Å². The minimum Gasteiger partial charge on any atom is -0.337 e. The van der Waals surface area contributed by atoms with Crippen LogP contribution in [0.15, 0.2) is 15.2 Å². The summed E-state index contributed by atoms with van der Waals surface area (Å²) in [5, 5.41) is 1.77. The van der Waals surface area contributed by atoms with E-state index in [1.165, 1.54) is 11.3 Å². The molecule has 1 aromatic rings. The van der Waals surface area contributed by atoms with Crippen molar-refractivity contribution in [3.8, 4) is 0 Å². The maximum atomic E-state index is 11.9. The minimum absolute atomic E-state index is 0.0735. The molecule has 0 aromatic carbocycles. The Morgan fingerprint density at radius 2 is 2.00 bits per heavy atom. The minimum atomic E-state index is -2.93. The van der Waals surface area contributed by atoms with E-state index in [1.807, 2.05) is 0 Å². The van der Waals surface area contributed by atoms with E-state index in [4.69, 9.17) is 0 Å². The molecule has 0 aliphatic carbocycles. The molecule has 2 rings (SSSR count). The molecule has 1 saturated heterocycles. The van der Waals surface area contributed by atoms with Crippen LogP contribution in [-0.2, 0) is 9.84 Å². The number of carbonyl (C=O) groups is 1. The molecule has 0 N–H and O–H groups in total. The van der Waals surface area contributed by atoms with Gasteiger partial charge in [-0.15, -0.1) is 11.3 Å². The van der Waals surface area contributed by atoms with Crippen molar-refractivity contribution >= 4 is 43.0 Å². The molecule has 0 atom stereocenters. The molecule has 1 amide bonds. The summed E-state index contributed by atoms with van der Waals surface area (Å²) in [4.78, 5) is 13.5. The largest absolute Gasteiger partial charge is 0.337 e. The molecule has 0 radical (unpaired) electrons. The molecule has 16 heavy (non-hydrogen) atoms. The smallest absolute Gasteiger partial charge is 0.254 e. The van der Waals surface area contributed by atoms with Gasteiger partial charge in [0.2, 0.25) is 0 Å². The van der Waals surface area contributed by atoms with Crippen molar-refractivity contribution in [1.29, 1.82) is 0 Å². The number of nitrogens with zero attached hydrogens (tertiary/aromatic N) is 1. The van der Waals surface area contributed by atoms with Gasteiger partial charge in [-0.25, -0.2) is 8.42 Å². The third kappa shape index (κ3) is 2.64. The lowest BCUT2D eigenvalue weighted by molar-refractivity contribution is 0.0771. The maximum absolute atomic E-state index is 11.9. The number of amides is 1. The first-order valence-corrected chi connectivity index (χ1v) is 8.21. The molecular formula is C9H10BrNO3S2. The lowest BCUT2D eigenvalue weighted by atomic mass is 10.3. The van der Waals surface area contributed by atoms with Crippen LogP contribution in [0.4, 0.5) is 0 Å². The second kappa shape index (κ2) is 4.46. The fraction of sp³-hybridized carbons (Fsp3) is 0.444. The van der Waals surface area contributed by atoms with E-state index in [0.717, 1.165) is 3.79 Å². The fourth-order valence-corrected chi connectivity index (χ4v) is 3.85. The molecule has 0 saturated carbocycles. The highest BCUT2D eigenvalue weighted by Gasteiger charge is 2.25. The van der Waals surface area contributed by atoms with Crippen molar-refractivity contribution in [2.75, 3.05) is 24.6 Å². The lowest BCUT2D eigenvalue weighted by Crippen LogP contribution is -2.43. The van der Waals surface area contributed by atoms with Crippen molar-refractivity contribution in [1.82, 2.24) is 4.90 Å². The Morgan fingerprint density at radius 3 is 2.50 bits per heavy atom. The first-order valence-electron chi connectivity index (χ1n) is 4.72. The van der Waals surface area contributed by atoms with Crippen LogP contribution in [0.3, 0.4) is 0 Å². The average molecular weight is 324 g/mol. The van der Waals surface area contributed by atoms with Crippen molar-refractivity contribution in [3.05, 3.63) is 20.8 Å². The highest BCUT2D eigenvalue weighted by atomic mass is 79.9. The van der Waals surface area contributed by atoms with Crippen LogP contribution in [0.2, 0.25) is 0 Å². The summed E-state index contributed by atoms with van der Waals surface area (Å²) in [5.41, 5.74) is 0.621. The highest BCUT2D eigenvalue weighted by Crippen LogP contribution is 2.22. The SMILES string of the molecule is O=C(c1csc(Br)c1)N1CCS(=O)(=O)CC1. The predicted octanol–water partition coefficient (Wildman–Crippen LogP) is 1.38. The molecule has 1 aromatic heterocycles. The Balaban J connectivity index is 2.07. The van der Waals surface area contributed by atoms with Gasteiger partial charge in [0.15, 0.2) is 9.84 Å². The third-order valence-corrected chi connectivity index (χ3v) is 5.56. The standard InChI is InChI=1S/C9H10BrNO3S2/c10-8-5-7(6-15-8)9(12)11-1-3-16(13,14)4-2-11/h5-6H,1-4H2. The number of sulfone groups is 1. The van der Waals surface area contributed by atoms with Crippen LogP contribution in [0.1, 0.15) is 10.4 Å². The Labute approximate surface area is 106 Å². The molecule has 7 heteroatoms. The molecule has 0 bridgehead atoms. The maximum Gasteiger partial charge on any atom is 0.254 e. The van der Waals surface area contributed by atoms with Gasteiger partial charge in [0.1, 0.15) is 0 Å². The van der Waals surface area contributed by atoms with Gasteiger partial charge in [0, 0.05) is 18.5 Å². The Bertz CT molecular complexity index is 495. The zero-order chi connectivity index (χ0) is 11.8. The summed E-state index contributed by atoms with van der Waals surface area (Å²) >= 11 is 4.74. The second-order valence-corrected chi connectivity index (χ2v) is 8.18. The summed E-state index contributed by atoms with van der Waals surface area (Å²) in [7, 11) is -2.93. The molecule has 1 aliphatic heterocycles. The number of halogens is 1. The summed E-state index contributed by atoms with van der Waals surface area (Å²) in [5.74, 6) is 0.0607. The summed E-state index contributed by atoms with van der Waals surface area (Å²) < 4.78 is 23.3. The number of thiophene rings is 1. The third-order valence-electron chi connectivity index (χ3n) is 2.45. The van der Waals surface area contributed by atoms with Gasteiger partial charge in [0.25, 0.3) is 5.91 Å². The normalized spacial score (nSPS) is 19.7. The lowest BCUT2D eigenvalue weighted by Gasteiger charge is -2.26. The topological polar surface area (TPSA) is 54.5 Å². The quantitative estimate of drug-likeness (QED) is 0.784. The fourth-order valence-electron chi connectivity index (χ4n) is 1.52. The first kappa shape index (κ1) is 12.1. The Morgan fingerprint density at radius 1 is 1.38 bits per heavy atom. The summed E-state index contributed by atoms with van der Waals surface area (Å²) in [6, 6.07) is 1.76. The molecule has 1 aliphatic rings. The first-order chi connectivity index (χ1) is 7.48. The number of hydrogen-bond donors (Lipinski definition) is 0. The van der Waals surface area contributed by atoms with Crippen LogP contribution in [0, 0.1) is 0 Å². The van der Waals surface area contributed by atoms with E-state index >= 15 is 0 Å². The molecule has 88 valence electrons. The van der Waals surface area contributed by atoms with Crippen LogP contribution < -0.4 is 0 Å². The number of hydrogen-bond acceptors (Lipinski definition) is 4. The van der Waals surface area contributed by atoms with Crippen LogP contribution in [0.25, 0.3) is 0 Å². The van der Waals surface area contributed by atoms with Crippen LogP contribution in [-0.4, -0.2) is 43.8 Å². The zero-order valence-electron chi connectivity index (χ0n) is 8.35. The van der Waals surface area contributed by atoms with Gasteiger partial charge < -0.3 is 4.90 Å². The van der Waals surface area contributed by atoms with E-state index < -0.39 is 9.84 Å². The average Bonchev–Trinajstić information content (AvgIpc) is 2.64. The zero-order valence-corrected chi connectivity index (χ0v) is 11.6. The Kier molecular flexibility index (Phi) is 3.37. The van der Waals surface area contributed by atoms with Crippen molar-refractivity contribution in [2.24, 2.45) is 0 Å². The molecule has 0 unspecified atom stereocenters. The van der Waals surface area contributed by atoms with E-state index in [-0.39, 0.29) is 17.4 Å². The van der Waals surface area contributed by atoms with Crippen molar-refractivity contribution in [3.63, 3.8) is 0 Å². The van der Waals surface area contributed by atoms with Gasteiger partial charge in [-0.1, -0.05) is 0 Å². The van der Waals surface area contributed by atoms with Gasteiger partial charge >= 0.3 is 0 Å². The van der Waals surface area contributed by atoms with E-state index in [1.54, 1.807) is 16.3 Å². The molecule has 4 nitrogen and oxygen atoms in total. The number of rotatable bonds is 1. The van der Waals surface area contributed by atoms with Gasteiger partial charge in [-0.3, -0.25) is 4.79 Å². The highest BCUT2D eigenvalue weighted by molar-refractivity contribution is 9.11. The molecule has 1 fully saturated rings. The second-order valence-electron chi connectivity index (χ2n) is 3.58. The molecule has 0 spiro atoms. The van der Waals surface area contributed by atoms with Crippen molar-refractivity contribution < 1.29 is 13.2 Å². The predicted molar refractivity (Wildman–Crippen MR) is 66.6 cm³/mol. The summed E-state index contributed by atoms with van der Waals surface area (Å²) in [6.45, 7) is 0.600. The van der Waals surface area contributed by atoms with E-state index in [2.05, 4.69) is 15.9 Å². The number of carbonyl (C=O) groups excluding carboxylic acids is 1. The van der Waals surface area contributed by atoms with Crippen molar-refractivity contribution in [2.45, 2.75) is 0 Å².